The van der Waals surface area contributed by atoms with Crippen molar-refractivity contribution in [1.29, 1.82) is 0 Å². The van der Waals surface area contributed by atoms with Crippen molar-refractivity contribution >= 4 is 11.8 Å². The van der Waals surface area contributed by atoms with Gasteiger partial charge in [-0.05, 0) is 31.2 Å². The first kappa shape index (κ1) is 13.8. The zero-order valence-electron chi connectivity index (χ0n) is 10.9. The summed E-state index contributed by atoms with van der Waals surface area (Å²) in [6, 6.07) is 15.1. The molecule has 0 bridgehead atoms. The molecule has 2 rings (SSSR count). The maximum atomic E-state index is 11.3. The molecule has 0 aliphatic heterocycles. The second kappa shape index (κ2) is 6.02. The van der Waals surface area contributed by atoms with Crippen LogP contribution in [0.5, 0.6) is 5.75 Å². The first-order chi connectivity index (χ1) is 9.58. The van der Waals surface area contributed by atoms with Gasteiger partial charge in [0, 0.05) is 11.1 Å². The summed E-state index contributed by atoms with van der Waals surface area (Å²) in [5.74, 6) is -0.701. The summed E-state index contributed by atoms with van der Waals surface area (Å²) in [5.41, 5.74) is 1.12. The molecule has 0 heterocycles. The topological polar surface area (TPSA) is 63.6 Å². The van der Waals surface area contributed by atoms with Gasteiger partial charge in [-0.25, -0.2) is 4.79 Å². The summed E-state index contributed by atoms with van der Waals surface area (Å²) < 4.78 is 5.49. The van der Waals surface area contributed by atoms with E-state index in [2.05, 4.69) is 0 Å². The van der Waals surface area contributed by atoms with Crippen LogP contribution >= 0.6 is 0 Å². The summed E-state index contributed by atoms with van der Waals surface area (Å²) in [4.78, 5) is 22.5. The van der Waals surface area contributed by atoms with Crippen LogP contribution in [0.3, 0.4) is 0 Å². The van der Waals surface area contributed by atoms with Gasteiger partial charge in [-0.2, -0.15) is 0 Å². The number of carboxylic acid groups (broad SMARTS) is 1. The normalized spacial score (nSPS) is 11.7. The van der Waals surface area contributed by atoms with Gasteiger partial charge in [0.2, 0.25) is 6.10 Å². The molecule has 102 valence electrons. The third-order valence-corrected chi connectivity index (χ3v) is 2.84. The number of benzene rings is 2. The summed E-state index contributed by atoms with van der Waals surface area (Å²) in [6.07, 6.45) is -1.07. The molecule has 20 heavy (non-hydrogen) atoms. The zero-order valence-corrected chi connectivity index (χ0v) is 10.9. The van der Waals surface area contributed by atoms with Crippen LogP contribution in [-0.4, -0.2) is 16.9 Å². The number of hydrogen-bond acceptors (Lipinski definition) is 3. The highest BCUT2D eigenvalue weighted by molar-refractivity contribution is 5.94. The van der Waals surface area contributed by atoms with Crippen molar-refractivity contribution in [3.63, 3.8) is 0 Å². The van der Waals surface area contributed by atoms with Gasteiger partial charge in [0.25, 0.3) is 0 Å². The van der Waals surface area contributed by atoms with Crippen molar-refractivity contribution < 1.29 is 19.4 Å². The zero-order chi connectivity index (χ0) is 14.5. The average Bonchev–Trinajstić information content (AvgIpc) is 2.46. The molecule has 0 radical (unpaired) electrons. The van der Waals surface area contributed by atoms with Crippen molar-refractivity contribution in [1.82, 2.24) is 0 Å². The van der Waals surface area contributed by atoms with E-state index in [4.69, 9.17) is 4.74 Å². The average molecular weight is 270 g/mol. The third kappa shape index (κ3) is 3.23. The van der Waals surface area contributed by atoms with Gasteiger partial charge >= 0.3 is 5.97 Å². The fraction of sp³-hybridized carbons (Fsp3) is 0.125. The van der Waals surface area contributed by atoms with Crippen LogP contribution in [0.4, 0.5) is 0 Å². The fourth-order valence-electron chi connectivity index (χ4n) is 1.79. The van der Waals surface area contributed by atoms with E-state index in [-0.39, 0.29) is 5.78 Å². The SMILES string of the molecule is CC(=O)c1ccc(O[C@H](C(=O)O)c2ccccc2)cc1. The van der Waals surface area contributed by atoms with E-state index in [1.54, 1.807) is 48.5 Å². The van der Waals surface area contributed by atoms with Crippen LogP contribution in [0.15, 0.2) is 54.6 Å². The minimum Gasteiger partial charge on any atom is -0.478 e. The van der Waals surface area contributed by atoms with Crippen LogP contribution in [0.25, 0.3) is 0 Å². The first-order valence-corrected chi connectivity index (χ1v) is 6.13. The fourth-order valence-corrected chi connectivity index (χ4v) is 1.79. The largest absolute Gasteiger partial charge is 0.478 e. The van der Waals surface area contributed by atoms with E-state index in [1.807, 2.05) is 6.07 Å². The minimum atomic E-state index is -1.07. The molecule has 4 nitrogen and oxygen atoms in total. The second-order valence-corrected chi connectivity index (χ2v) is 4.33. The van der Waals surface area contributed by atoms with Crippen molar-refractivity contribution in [2.75, 3.05) is 0 Å². The van der Waals surface area contributed by atoms with Gasteiger partial charge in [0.1, 0.15) is 5.75 Å². The lowest BCUT2D eigenvalue weighted by Gasteiger charge is -2.15. The van der Waals surface area contributed by atoms with Crippen LogP contribution in [0, 0.1) is 0 Å². The quantitative estimate of drug-likeness (QED) is 0.848. The van der Waals surface area contributed by atoms with Crippen LogP contribution in [0.2, 0.25) is 0 Å². The molecular weight excluding hydrogens is 256 g/mol. The van der Waals surface area contributed by atoms with E-state index >= 15 is 0 Å². The predicted octanol–water partition coefficient (Wildman–Crippen LogP) is 3.09. The number of carbonyl (C=O) groups excluding carboxylic acids is 1. The third-order valence-electron chi connectivity index (χ3n) is 2.84. The van der Waals surface area contributed by atoms with Gasteiger partial charge in [-0.15, -0.1) is 0 Å². The Morgan fingerprint density at radius 3 is 2.10 bits per heavy atom. The Morgan fingerprint density at radius 2 is 1.60 bits per heavy atom. The van der Waals surface area contributed by atoms with Crippen molar-refractivity contribution in [3.05, 3.63) is 65.7 Å². The van der Waals surface area contributed by atoms with E-state index in [9.17, 15) is 14.7 Å². The number of carbonyl (C=O) groups is 2. The molecule has 0 aliphatic carbocycles. The maximum Gasteiger partial charge on any atom is 0.349 e. The van der Waals surface area contributed by atoms with Crippen LogP contribution < -0.4 is 4.74 Å². The van der Waals surface area contributed by atoms with Crippen molar-refractivity contribution in [3.8, 4) is 5.75 Å². The Hall–Kier alpha value is -2.62. The second-order valence-electron chi connectivity index (χ2n) is 4.33. The van der Waals surface area contributed by atoms with Gasteiger partial charge in [-0.3, -0.25) is 4.79 Å². The number of aliphatic carboxylic acids is 1. The van der Waals surface area contributed by atoms with Crippen molar-refractivity contribution in [2.45, 2.75) is 13.0 Å². The molecular formula is C16H14O4. The summed E-state index contributed by atoms with van der Waals surface area (Å²) in [6.45, 7) is 1.47. The number of carboxylic acids is 1. The van der Waals surface area contributed by atoms with E-state index in [0.717, 1.165) is 0 Å². The molecule has 1 N–H and O–H groups in total. The Bertz CT molecular complexity index is 602. The molecule has 2 aromatic rings. The molecule has 0 unspecified atom stereocenters. The van der Waals surface area contributed by atoms with E-state index in [0.29, 0.717) is 16.9 Å². The Morgan fingerprint density at radius 1 is 1.00 bits per heavy atom. The Labute approximate surface area is 116 Å². The molecule has 0 fully saturated rings. The number of ketones is 1. The Kier molecular flexibility index (Phi) is 4.15. The molecule has 4 heteroatoms. The molecule has 0 saturated heterocycles. The van der Waals surface area contributed by atoms with E-state index in [1.165, 1.54) is 6.92 Å². The molecule has 0 aliphatic rings. The lowest BCUT2D eigenvalue weighted by Crippen LogP contribution is -2.18. The molecule has 1 atom stereocenters. The standard InChI is InChI=1S/C16H14O4/c1-11(17)12-7-9-14(10-8-12)20-15(16(18)19)13-5-3-2-4-6-13/h2-10,15H,1H3,(H,18,19)/t15-/m0/s1. The Balaban J connectivity index is 2.21. The smallest absolute Gasteiger partial charge is 0.349 e. The maximum absolute atomic E-state index is 11.3. The molecule has 0 amide bonds. The summed E-state index contributed by atoms with van der Waals surface area (Å²) >= 11 is 0. The lowest BCUT2D eigenvalue weighted by atomic mass is 10.1. The van der Waals surface area contributed by atoms with E-state index < -0.39 is 12.1 Å². The van der Waals surface area contributed by atoms with Gasteiger partial charge < -0.3 is 9.84 Å². The number of ether oxygens (including phenoxy) is 1. The monoisotopic (exact) mass is 270 g/mol. The van der Waals surface area contributed by atoms with Crippen molar-refractivity contribution in [2.24, 2.45) is 0 Å². The summed E-state index contributed by atoms with van der Waals surface area (Å²) in [5, 5.41) is 9.25. The molecule has 0 saturated carbocycles. The highest BCUT2D eigenvalue weighted by Crippen LogP contribution is 2.22. The highest BCUT2D eigenvalue weighted by Gasteiger charge is 2.21. The molecule has 0 spiro atoms. The number of rotatable bonds is 5. The van der Waals surface area contributed by atoms with Gasteiger partial charge in [0.15, 0.2) is 5.78 Å². The van der Waals surface area contributed by atoms with Gasteiger partial charge in [0.05, 0.1) is 0 Å². The van der Waals surface area contributed by atoms with Gasteiger partial charge in [-0.1, -0.05) is 30.3 Å². The number of Topliss-reactive ketones (excluding diaryl/α,β-unsaturated/α-hetero) is 1. The van der Waals surface area contributed by atoms with Crippen LogP contribution in [-0.2, 0) is 4.79 Å². The lowest BCUT2D eigenvalue weighted by molar-refractivity contribution is -0.145. The predicted molar refractivity (Wildman–Crippen MR) is 73.9 cm³/mol. The highest BCUT2D eigenvalue weighted by atomic mass is 16.5. The van der Waals surface area contributed by atoms with Crippen LogP contribution in [0.1, 0.15) is 28.9 Å². The molecule has 2 aromatic carbocycles. The number of hydrogen-bond donors (Lipinski definition) is 1. The minimum absolute atomic E-state index is 0.0469. The summed E-state index contributed by atoms with van der Waals surface area (Å²) in [7, 11) is 0. The first-order valence-electron chi connectivity index (χ1n) is 6.13. The molecule has 0 aromatic heterocycles.